The predicted octanol–water partition coefficient (Wildman–Crippen LogP) is 4.21. The SMILES string of the molecule is C=C(C)C(=O)Nc1cc2c(-c3cn[nH]c3-c3ccccc3)ncnc2cc1OC. The Labute approximate surface area is 167 Å². The Bertz CT molecular complexity index is 1210. The van der Waals surface area contributed by atoms with Gasteiger partial charge in [-0.2, -0.15) is 5.10 Å². The molecule has 0 saturated carbocycles. The molecule has 2 N–H and O–H groups in total. The number of nitrogens with zero attached hydrogens (tertiary/aromatic N) is 3. The molecule has 1 amide bonds. The van der Waals surface area contributed by atoms with Gasteiger partial charge in [0.05, 0.1) is 35.9 Å². The molecule has 0 radical (unpaired) electrons. The summed E-state index contributed by atoms with van der Waals surface area (Å²) in [5, 5.41) is 10.9. The van der Waals surface area contributed by atoms with E-state index in [0.29, 0.717) is 28.2 Å². The molecule has 0 aliphatic heterocycles. The third-order valence-electron chi connectivity index (χ3n) is 4.55. The van der Waals surface area contributed by atoms with Gasteiger partial charge in [-0.15, -0.1) is 0 Å². The smallest absolute Gasteiger partial charge is 0.250 e. The average molecular weight is 385 g/mol. The lowest BCUT2D eigenvalue weighted by Gasteiger charge is -2.13. The zero-order chi connectivity index (χ0) is 20.4. The summed E-state index contributed by atoms with van der Waals surface area (Å²) >= 11 is 0. The number of benzene rings is 2. The van der Waals surface area contributed by atoms with Crippen LogP contribution >= 0.6 is 0 Å². The average Bonchev–Trinajstić information content (AvgIpc) is 3.23. The van der Waals surface area contributed by atoms with Crippen LogP contribution in [0, 0.1) is 0 Å². The highest BCUT2D eigenvalue weighted by Crippen LogP contribution is 2.36. The first kappa shape index (κ1) is 18.4. The lowest BCUT2D eigenvalue weighted by molar-refractivity contribution is -0.112. The van der Waals surface area contributed by atoms with E-state index in [-0.39, 0.29) is 5.91 Å². The van der Waals surface area contributed by atoms with Crippen LogP contribution in [0.3, 0.4) is 0 Å². The van der Waals surface area contributed by atoms with E-state index in [4.69, 9.17) is 4.74 Å². The summed E-state index contributed by atoms with van der Waals surface area (Å²) in [5.41, 5.74) is 5.01. The van der Waals surface area contributed by atoms with E-state index < -0.39 is 0 Å². The number of ether oxygens (including phenoxy) is 1. The van der Waals surface area contributed by atoms with Crippen LogP contribution in [0.4, 0.5) is 5.69 Å². The quantitative estimate of drug-likeness (QED) is 0.502. The normalized spacial score (nSPS) is 10.7. The maximum absolute atomic E-state index is 12.2. The summed E-state index contributed by atoms with van der Waals surface area (Å²) in [5.74, 6) is 0.224. The maximum atomic E-state index is 12.2. The second-order valence-corrected chi connectivity index (χ2v) is 6.55. The highest BCUT2D eigenvalue weighted by atomic mass is 16.5. The molecule has 4 aromatic rings. The minimum Gasteiger partial charge on any atom is -0.494 e. The Morgan fingerprint density at radius 3 is 2.69 bits per heavy atom. The highest BCUT2D eigenvalue weighted by Gasteiger charge is 2.17. The Balaban J connectivity index is 1.90. The van der Waals surface area contributed by atoms with Gasteiger partial charge in [-0.05, 0) is 13.0 Å². The number of nitrogens with one attached hydrogen (secondary N) is 2. The van der Waals surface area contributed by atoms with Gasteiger partial charge in [-0.1, -0.05) is 36.9 Å². The molecule has 0 aliphatic carbocycles. The number of aromatic amines is 1. The molecule has 0 spiro atoms. The van der Waals surface area contributed by atoms with Gasteiger partial charge in [-0.3, -0.25) is 9.89 Å². The molecule has 0 unspecified atom stereocenters. The van der Waals surface area contributed by atoms with Gasteiger partial charge in [0.1, 0.15) is 12.1 Å². The van der Waals surface area contributed by atoms with Gasteiger partial charge in [-0.25, -0.2) is 9.97 Å². The largest absolute Gasteiger partial charge is 0.494 e. The van der Waals surface area contributed by atoms with Gasteiger partial charge < -0.3 is 10.1 Å². The van der Waals surface area contributed by atoms with Crippen molar-refractivity contribution in [3.63, 3.8) is 0 Å². The number of rotatable bonds is 5. The lowest BCUT2D eigenvalue weighted by Crippen LogP contribution is -2.12. The van der Waals surface area contributed by atoms with Crippen molar-refractivity contribution in [2.45, 2.75) is 6.92 Å². The van der Waals surface area contributed by atoms with Crippen LogP contribution in [0.25, 0.3) is 33.4 Å². The van der Waals surface area contributed by atoms with E-state index in [1.807, 2.05) is 36.4 Å². The van der Waals surface area contributed by atoms with Crippen LogP contribution in [-0.4, -0.2) is 33.2 Å². The second kappa shape index (κ2) is 7.55. The molecule has 7 heteroatoms. The second-order valence-electron chi connectivity index (χ2n) is 6.55. The minimum atomic E-state index is -0.283. The van der Waals surface area contributed by atoms with E-state index in [1.54, 1.807) is 26.3 Å². The highest BCUT2D eigenvalue weighted by molar-refractivity contribution is 6.06. The molecular weight excluding hydrogens is 366 g/mol. The predicted molar refractivity (Wildman–Crippen MR) is 113 cm³/mol. The molecule has 0 atom stereocenters. The topological polar surface area (TPSA) is 92.8 Å². The summed E-state index contributed by atoms with van der Waals surface area (Å²) in [4.78, 5) is 21.0. The van der Waals surface area contributed by atoms with Crippen LogP contribution in [-0.2, 0) is 4.79 Å². The number of methoxy groups -OCH3 is 1. The summed E-state index contributed by atoms with van der Waals surface area (Å²) in [6, 6.07) is 13.5. The minimum absolute atomic E-state index is 0.283. The lowest BCUT2D eigenvalue weighted by atomic mass is 10.0. The van der Waals surface area contributed by atoms with Gasteiger partial charge in [0, 0.05) is 28.2 Å². The first-order chi connectivity index (χ1) is 14.1. The van der Waals surface area contributed by atoms with Crippen LogP contribution < -0.4 is 10.1 Å². The van der Waals surface area contributed by atoms with Gasteiger partial charge in [0.15, 0.2) is 0 Å². The first-order valence-corrected chi connectivity index (χ1v) is 8.97. The molecule has 4 rings (SSSR count). The summed E-state index contributed by atoms with van der Waals surface area (Å²) in [6.07, 6.45) is 3.24. The van der Waals surface area contributed by atoms with Crippen LogP contribution in [0.15, 0.2) is 67.1 Å². The van der Waals surface area contributed by atoms with Crippen molar-refractivity contribution in [3.8, 4) is 28.3 Å². The number of H-pyrrole nitrogens is 1. The van der Waals surface area contributed by atoms with E-state index in [0.717, 1.165) is 22.2 Å². The number of fused-ring (bicyclic) bond motifs is 1. The molecule has 0 fully saturated rings. The van der Waals surface area contributed by atoms with Crippen molar-refractivity contribution >= 4 is 22.5 Å². The van der Waals surface area contributed by atoms with Crippen LogP contribution in [0.2, 0.25) is 0 Å². The fourth-order valence-corrected chi connectivity index (χ4v) is 3.08. The Kier molecular flexibility index (Phi) is 4.78. The third-order valence-corrected chi connectivity index (χ3v) is 4.55. The zero-order valence-corrected chi connectivity index (χ0v) is 16.1. The molecule has 0 aliphatic rings. The van der Waals surface area contributed by atoms with Crippen molar-refractivity contribution in [3.05, 3.63) is 67.1 Å². The number of aromatic nitrogens is 4. The molecule has 0 bridgehead atoms. The Hall–Kier alpha value is -4.00. The molecule has 2 aromatic heterocycles. The fraction of sp³-hybridized carbons (Fsp3) is 0.0909. The van der Waals surface area contributed by atoms with Crippen molar-refractivity contribution in [1.29, 1.82) is 0 Å². The molecule has 0 saturated heterocycles. The number of hydrogen-bond donors (Lipinski definition) is 2. The zero-order valence-electron chi connectivity index (χ0n) is 16.1. The standard InChI is InChI=1S/C22H19N5O2/c1-13(2)22(28)26-18-9-15-17(10-19(18)29-3)23-12-24-21(15)16-11-25-27-20(16)14-7-5-4-6-8-14/h4-12H,1H2,2-3H3,(H,25,27)(H,26,28). The molecular formula is C22H19N5O2. The molecule has 2 heterocycles. The Morgan fingerprint density at radius 1 is 1.17 bits per heavy atom. The summed E-state index contributed by atoms with van der Waals surface area (Å²) in [6.45, 7) is 5.33. The van der Waals surface area contributed by atoms with Crippen molar-refractivity contribution in [1.82, 2.24) is 20.2 Å². The van der Waals surface area contributed by atoms with E-state index in [2.05, 4.69) is 32.1 Å². The monoisotopic (exact) mass is 385 g/mol. The van der Waals surface area contributed by atoms with Crippen molar-refractivity contribution in [2.24, 2.45) is 0 Å². The fourth-order valence-electron chi connectivity index (χ4n) is 3.08. The number of carbonyl (C=O) groups excluding carboxylic acids is 1. The third kappa shape index (κ3) is 3.45. The molecule has 144 valence electrons. The molecule has 7 nitrogen and oxygen atoms in total. The summed E-state index contributed by atoms with van der Waals surface area (Å²) < 4.78 is 5.43. The van der Waals surface area contributed by atoms with E-state index in [1.165, 1.54) is 6.33 Å². The first-order valence-electron chi connectivity index (χ1n) is 8.97. The van der Waals surface area contributed by atoms with E-state index in [9.17, 15) is 4.79 Å². The number of anilines is 1. The van der Waals surface area contributed by atoms with Gasteiger partial charge in [0.2, 0.25) is 0 Å². The van der Waals surface area contributed by atoms with Crippen LogP contribution in [0.5, 0.6) is 5.75 Å². The van der Waals surface area contributed by atoms with Gasteiger partial charge in [0.25, 0.3) is 5.91 Å². The van der Waals surface area contributed by atoms with Crippen molar-refractivity contribution < 1.29 is 9.53 Å². The Morgan fingerprint density at radius 2 is 1.97 bits per heavy atom. The summed E-state index contributed by atoms with van der Waals surface area (Å²) in [7, 11) is 1.54. The number of hydrogen-bond acceptors (Lipinski definition) is 5. The maximum Gasteiger partial charge on any atom is 0.250 e. The van der Waals surface area contributed by atoms with E-state index >= 15 is 0 Å². The molecule has 29 heavy (non-hydrogen) atoms. The molecule has 2 aromatic carbocycles. The van der Waals surface area contributed by atoms with Crippen molar-refractivity contribution in [2.75, 3.05) is 12.4 Å². The van der Waals surface area contributed by atoms with Gasteiger partial charge >= 0.3 is 0 Å². The van der Waals surface area contributed by atoms with Crippen LogP contribution in [0.1, 0.15) is 6.92 Å². The number of carbonyl (C=O) groups is 1. The number of amides is 1.